The van der Waals surface area contributed by atoms with Crippen LogP contribution < -0.4 is 10.2 Å². The molecule has 1 aromatic carbocycles. The summed E-state index contributed by atoms with van der Waals surface area (Å²) in [6, 6.07) is 8.12. The number of piperidine rings is 1. The SMILES string of the molecule is Cc1nsc2ncc(C(=O)N3CCCC3)c(N3CCC(C(=O)Nc4ccc(C(C)C)cc4)CC3)c12. The Labute approximate surface area is 210 Å². The minimum Gasteiger partial charge on any atom is -0.370 e. The number of pyridine rings is 1. The number of likely N-dealkylation sites (tertiary alicyclic amines) is 1. The smallest absolute Gasteiger partial charge is 0.257 e. The Balaban J connectivity index is 1.33. The monoisotopic (exact) mass is 491 g/mol. The predicted molar refractivity (Wildman–Crippen MR) is 141 cm³/mol. The van der Waals surface area contributed by atoms with Gasteiger partial charge in [-0.3, -0.25) is 9.59 Å². The second-order valence-corrected chi connectivity index (χ2v) is 10.7. The summed E-state index contributed by atoms with van der Waals surface area (Å²) in [6.45, 7) is 9.36. The van der Waals surface area contributed by atoms with Crippen LogP contribution in [-0.2, 0) is 4.79 Å². The molecule has 0 radical (unpaired) electrons. The molecule has 184 valence electrons. The molecule has 0 unspecified atom stereocenters. The van der Waals surface area contributed by atoms with Crippen molar-refractivity contribution in [3.05, 3.63) is 47.3 Å². The summed E-state index contributed by atoms with van der Waals surface area (Å²) in [4.78, 5) is 36.0. The van der Waals surface area contributed by atoms with Crippen molar-refractivity contribution in [2.24, 2.45) is 5.92 Å². The van der Waals surface area contributed by atoms with Crippen LogP contribution in [0.1, 0.15) is 67.1 Å². The Morgan fingerprint density at radius 1 is 1.06 bits per heavy atom. The molecule has 0 aliphatic carbocycles. The van der Waals surface area contributed by atoms with Crippen molar-refractivity contribution >= 4 is 44.9 Å². The molecule has 4 heterocycles. The molecule has 2 aliphatic heterocycles. The number of benzene rings is 1. The number of carbonyl (C=O) groups is 2. The van der Waals surface area contributed by atoms with Gasteiger partial charge in [0, 0.05) is 44.0 Å². The van der Waals surface area contributed by atoms with E-state index in [1.807, 2.05) is 24.0 Å². The Hall–Kier alpha value is -3.00. The Kier molecular flexibility index (Phi) is 6.73. The number of aryl methyl sites for hydroxylation is 1. The first kappa shape index (κ1) is 23.7. The number of carbonyl (C=O) groups excluding carboxylic acids is 2. The third kappa shape index (κ3) is 4.76. The Morgan fingerprint density at radius 2 is 1.74 bits per heavy atom. The maximum Gasteiger partial charge on any atom is 0.257 e. The van der Waals surface area contributed by atoms with E-state index in [9.17, 15) is 9.59 Å². The van der Waals surface area contributed by atoms with Crippen LogP contribution in [0.4, 0.5) is 11.4 Å². The molecule has 2 amide bonds. The first-order chi connectivity index (χ1) is 16.9. The van der Waals surface area contributed by atoms with E-state index in [1.54, 1.807) is 6.20 Å². The van der Waals surface area contributed by atoms with Crippen molar-refractivity contribution in [3.8, 4) is 0 Å². The minimum absolute atomic E-state index is 0.0483. The van der Waals surface area contributed by atoms with Crippen molar-refractivity contribution in [2.45, 2.75) is 52.4 Å². The topological polar surface area (TPSA) is 78.4 Å². The highest BCUT2D eigenvalue weighted by Crippen LogP contribution is 2.37. The van der Waals surface area contributed by atoms with Crippen LogP contribution in [0.15, 0.2) is 30.5 Å². The van der Waals surface area contributed by atoms with Crippen molar-refractivity contribution < 1.29 is 9.59 Å². The standard InChI is InChI=1S/C27H33N5O2S/c1-17(2)19-6-8-21(9-7-19)29-25(33)20-10-14-31(15-11-20)24-22(27(34)32-12-4-5-13-32)16-28-26-23(24)18(3)30-35-26/h6-9,16-17,20H,4-5,10-15H2,1-3H3,(H,29,33). The fourth-order valence-corrected chi connectivity index (χ4v) is 5.92. The maximum absolute atomic E-state index is 13.4. The third-order valence-corrected chi connectivity index (χ3v) is 8.15. The van der Waals surface area contributed by atoms with E-state index < -0.39 is 0 Å². The van der Waals surface area contributed by atoms with Gasteiger partial charge < -0.3 is 15.1 Å². The summed E-state index contributed by atoms with van der Waals surface area (Å²) < 4.78 is 4.52. The summed E-state index contributed by atoms with van der Waals surface area (Å²) in [5.41, 5.74) is 4.62. The van der Waals surface area contributed by atoms with Gasteiger partial charge in [-0.25, -0.2) is 4.98 Å². The quantitative estimate of drug-likeness (QED) is 0.530. The molecule has 2 aliphatic rings. The van der Waals surface area contributed by atoms with E-state index in [2.05, 4.69) is 45.6 Å². The van der Waals surface area contributed by atoms with Crippen molar-refractivity contribution in [1.29, 1.82) is 0 Å². The molecule has 8 heteroatoms. The molecule has 7 nitrogen and oxygen atoms in total. The number of rotatable bonds is 5. The highest BCUT2D eigenvalue weighted by molar-refractivity contribution is 7.13. The molecule has 0 saturated carbocycles. The van der Waals surface area contributed by atoms with Crippen molar-refractivity contribution in [1.82, 2.24) is 14.3 Å². The zero-order chi connectivity index (χ0) is 24.5. The van der Waals surface area contributed by atoms with Crippen LogP contribution in [0.3, 0.4) is 0 Å². The van der Waals surface area contributed by atoms with E-state index >= 15 is 0 Å². The van der Waals surface area contributed by atoms with E-state index in [0.717, 1.165) is 79.1 Å². The van der Waals surface area contributed by atoms with Crippen LogP contribution in [0.25, 0.3) is 10.2 Å². The molecule has 5 rings (SSSR count). The fraction of sp³-hybridized carbons (Fsp3) is 0.481. The van der Waals surface area contributed by atoms with Crippen LogP contribution in [-0.4, -0.2) is 52.3 Å². The molecular formula is C27H33N5O2S. The van der Waals surface area contributed by atoms with E-state index in [1.165, 1.54) is 17.1 Å². The van der Waals surface area contributed by atoms with Gasteiger partial charge in [0.1, 0.15) is 4.83 Å². The van der Waals surface area contributed by atoms with Gasteiger partial charge >= 0.3 is 0 Å². The molecule has 3 aromatic rings. The third-order valence-electron chi connectivity index (χ3n) is 7.30. The average Bonchev–Trinajstić information content (AvgIpc) is 3.54. The molecule has 0 bridgehead atoms. The Morgan fingerprint density at radius 3 is 2.40 bits per heavy atom. The van der Waals surface area contributed by atoms with Gasteiger partial charge in [-0.1, -0.05) is 26.0 Å². The zero-order valence-electron chi connectivity index (χ0n) is 20.7. The van der Waals surface area contributed by atoms with Crippen LogP contribution >= 0.6 is 11.5 Å². The minimum atomic E-state index is -0.0483. The van der Waals surface area contributed by atoms with Crippen LogP contribution in [0, 0.1) is 12.8 Å². The highest BCUT2D eigenvalue weighted by atomic mass is 32.1. The number of nitrogens with zero attached hydrogens (tertiary/aromatic N) is 4. The molecule has 35 heavy (non-hydrogen) atoms. The van der Waals surface area contributed by atoms with Gasteiger partial charge in [0.15, 0.2) is 0 Å². The van der Waals surface area contributed by atoms with E-state index in [4.69, 9.17) is 0 Å². The summed E-state index contributed by atoms with van der Waals surface area (Å²) in [5.74, 6) is 0.548. The van der Waals surface area contributed by atoms with Crippen molar-refractivity contribution in [2.75, 3.05) is 36.4 Å². The van der Waals surface area contributed by atoms with Gasteiger partial charge in [0.25, 0.3) is 5.91 Å². The average molecular weight is 492 g/mol. The summed E-state index contributed by atoms with van der Waals surface area (Å²) >= 11 is 1.38. The fourth-order valence-electron chi connectivity index (χ4n) is 5.17. The lowest BCUT2D eigenvalue weighted by atomic mass is 9.94. The first-order valence-electron chi connectivity index (χ1n) is 12.6. The van der Waals surface area contributed by atoms with Gasteiger partial charge in [0.05, 0.1) is 22.3 Å². The number of hydrogen-bond acceptors (Lipinski definition) is 6. The number of nitrogens with one attached hydrogen (secondary N) is 1. The molecular weight excluding hydrogens is 458 g/mol. The Bertz CT molecular complexity index is 1220. The second kappa shape index (κ2) is 9.93. The van der Waals surface area contributed by atoms with E-state index in [-0.39, 0.29) is 17.7 Å². The van der Waals surface area contributed by atoms with Gasteiger partial charge in [-0.2, -0.15) is 4.37 Å². The van der Waals surface area contributed by atoms with Crippen LogP contribution in [0.2, 0.25) is 0 Å². The number of fused-ring (bicyclic) bond motifs is 1. The van der Waals surface area contributed by atoms with Gasteiger partial charge in [-0.15, -0.1) is 0 Å². The number of hydrogen-bond donors (Lipinski definition) is 1. The lowest BCUT2D eigenvalue weighted by Gasteiger charge is -2.34. The second-order valence-electron chi connectivity index (χ2n) is 10.00. The molecule has 2 aromatic heterocycles. The molecule has 1 N–H and O–H groups in total. The summed E-state index contributed by atoms with van der Waals surface area (Å²) in [6.07, 6.45) is 5.32. The maximum atomic E-state index is 13.4. The lowest BCUT2D eigenvalue weighted by Crippen LogP contribution is -2.39. The lowest BCUT2D eigenvalue weighted by molar-refractivity contribution is -0.120. The first-order valence-corrected chi connectivity index (χ1v) is 13.4. The normalized spacial score (nSPS) is 16.9. The number of amides is 2. The van der Waals surface area contributed by atoms with E-state index in [0.29, 0.717) is 11.5 Å². The van der Waals surface area contributed by atoms with Gasteiger partial charge in [-0.05, 0) is 67.8 Å². The predicted octanol–water partition coefficient (Wildman–Crippen LogP) is 5.21. The molecule has 0 atom stereocenters. The van der Waals surface area contributed by atoms with Crippen molar-refractivity contribution in [3.63, 3.8) is 0 Å². The molecule has 2 saturated heterocycles. The number of anilines is 2. The highest BCUT2D eigenvalue weighted by Gasteiger charge is 2.31. The molecule has 2 fully saturated rings. The molecule has 0 spiro atoms. The van der Waals surface area contributed by atoms with Crippen LogP contribution in [0.5, 0.6) is 0 Å². The zero-order valence-corrected chi connectivity index (χ0v) is 21.5. The summed E-state index contributed by atoms with van der Waals surface area (Å²) in [7, 11) is 0. The number of aromatic nitrogens is 2. The summed E-state index contributed by atoms with van der Waals surface area (Å²) in [5, 5.41) is 4.08. The van der Waals surface area contributed by atoms with Gasteiger partial charge in [0.2, 0.25) is 5.91 Å². The largest absolute Gasteiger partial charge is 0.370 e.